The van der Waals surface area contributed by atoms with Crippen LogP contribution in [0.15, 0.2) is 276 Å². The van der Waals surface area contributed by atoms with E-state index in [9.17, 15) is 0 Å². The lowest BCUT2D eigenvalue weighted by atomic mass is 9.81. The highest BCUT2D eigenvalue weighted by Crippen LogP contribution is 2.54. The zero-order valence-corrected chi connectivity index (χ0v) is 48.8. The molecule has 3 heterocycles. The molecule has 2 aliphatic carbocycles. The van der Waals surface area contributed by atoms with E-state index < -0.39 is 0 Å². The van der Waals surface area contributed by atoms with Gasteiger partial charge in [-0.15, -0.1) is 20.4 Å². The van der Waals surface area contributed by atoms with E-state index in [-0.39, 0.29) is 10.8 Å². The highest BCUT2D eigenvalue weighted by molar-refractivity contribution is 5.91. The SMILES string of the molecule is CC1(C)c2cc(-c3nnc(-c4ccccc4)o3)ccc2-c2ccc(N(c3ccccc3)c3ccc(-c4nc5ccccc5nc4-c4ccc(N(c5ccccc5)c5ccc6c(c5)C(C)(C)c5cc(-c7nnc(-c8ccccc8)o7)ccc5-6)cc4)cc3)cc21. The van der Waals surface area contributed by atoms with Crippen molar-refractivity contribution in [2.24, 2.45) is 0 Å². The quantitative estimate of drug-likeness (QED) is 0.117. The van der Waals surface area contributed by atoms with Gasteiger partial charge in [0.05, 0.1) is 22.4 Å². The Bertz CT molecular complexity index is 4650. The van der Waals surface area contributed by atoms with Crippen LogP contribution >= 0.6 is 0 Å². The molecule has 0 saturated heterocycles. The first-order valence-electron chi connectivity index (χ1n) is 29.7. The third kappa shape index (κ3) is 8.87. The maximum atomic E-state index is 6.23. The fraction of sp³-hybridized carbons (Fsp3) is 0.0769. The van der Waals surface area contributed by atoms with Gasteiger partial charge in [-0.2, -0.15) is 0 Å². The van der Waals surface area contributed by atoms with Gasteiger partial charge in [-0.3, -0.25) is 0 Å². The van der Waals surface area contributed by atoms with E-state index in [1.807, 2.05) is 84.9 Å². The van der Waals surface area contributed by atoms with Crippen LogP contribution in [0.5, 0.6) is 0 Å². The fourth-order valence-corrected chi connectivity index (χ4v) is 13.1. The number of hydrogen-bond acceptors (Lipinski definition) is 10. The molecule has 0 bridgehead atoms. The molecule has 0 atom stereocenters. The largest absolute Gasteiger partial charge is 0.416 e. The van der Waals surface area contributed by atoms with Crippen molar-refractivity contribution in [2.75, 3.05) is 9.80 Å². The molecule has 14 aromatic rings. The molecule has 0 radical (unpaired) electrons. The molecule has 0 spiro atoms. The van der Waals surface area contributed by atoms with Crippen LogP contribution in [0.1, 0.15) is 49.9 Å². The zero-order chi connectivity index (χ0) is 59.1. The summed E-state index contributed by atoms with van der Waals surface area (Å²) in [7, 11) is 0. The van der Waals surface area contributed by atoms with Crippen LogP contribution in [-0.2, 0) is 10.8 Å². The molecule has 0 amide bonds. The molecule has 16 rings (SSSR count). The predicted octanol–water partition coefficient (Wildman–Crippen LogP) is 20.0. The molecule has 10 nitrogen and oxygen atoms in total. The van der Waals surface area contributed by atoms with Gasteiger partial charge in [0.15, 0.2) is 0 Å². The van der Waals surface area contributed by atoms with Gasteiger partial charge in [-0.25, -0.2) is 9.97 Å². The number of nitrogens with zero attached hydrogens (tertiary/aromatic N) is 8. The zero-order valence-electron chi connectivity index (χ0n) is 48.8. The molecule has 11 aromatic carbocycles. The first kappa shape index (κ1) is 52.2. The Hall–Kier alpha value is -11.4. The van der Waals surface area contributed by atoms with Crippen LogP contribution in [0.3, 0.4) is 0 Å². The third-order valence-electron chi connectivity index (χ3n) is 17.6. The third-order valence-corrected chi connectivity index (χ3v) is 17.6. The van der Waals surface area contributed by atoms with Gasteiger partial charge in [0.25, 0.3) is 0 Å². The summed E-state index contributed by atoms with van der Waals surface area (Å²) in [4.78, 5) is 15.4. The van der Waals surface area contributed by atoms with Gasteiger partial charge < -0.3 is 18.6 Å². The molecule has 2 aliphatic rings. The van der Waals surface area contributed by atoms with E-state index in [4.69, 9.17) is 18.8 Å². The Kier molecular flexibility index (Phi) is 12.3. The van der Waals surface area contributed by atoms with Crippen molar-refractivity contribution in [3.63, 3.8) is 0 Å². The molecule has 10 heteroatoms. The van der Waals surface area contributed by atoms with Crippen molar-refractivity contribution in [1.29, 1.82) is 0 Å². The summed E-state index contributed by atoms with van der Waals surface area (Å²) >= 11 is 0. The normalized spacial score (nSPS) is 13.2. The second kappa shape index (κ2) is 20.7. The molecule has 420 valence electrons. The van der Waals surface area contributed by atoms with E-state index in [2.05, 4.69) is 240 Å². The Labute approximate surface area is 509 Å². The number of anilines is 6. The van der Waals surface area contributed by atoms with E-state index >= 15 is 0 Å². The summed E-state index contributed by atoms with van der Waals surface area (Å²) in [6.07, 6.45) is 0. The Morgan fingerprint density at radius 2 is 0.545 bits per heavy atom. The Morgan fingerprint density at radius 3 is 0.920 bits per heavy atom. The van der Waals surface area contributed by atoms with Gasteiger partial charge >= 0.3 is 0 Å². The summed E-state index contributed by atoms with van der Waals surface area (Å²) in [5, 5.41) is 17.7. The Morgan fingerprint density at radius 1 is 0.261 bits per heavy atom. The lowest BCUT2D eigenvalue weighted by Gasteiger charge is -2.28. The minimum atomic E-state index is -0.320. The van der Waals surface area contributed by atoms with Crippen molar-refractivity contribution >= 4 is 45.2 Å². The Balaban J connectivity index is 0.715. The monoisotopic (exact) mass is 1140 g/mol. The summed E-state index contributed by atoms with van der Waals surface area (Å²) in [5.74, 6) is 2.00. The summed E-state index contributed by atoms with van der Waals surface area (Å²) in [6, 6.07) is 93.2. The van der Waals surface area contributed by atoms with Crippen LogP contribution in [0, 0.1) is 0 Å². The van der Waals surface area contributed by atoms with Crippen molar-refractivity contribution in [3.05, 3.63) is 289 Å². The maximum Gasteiger partial charge on any atom is 0.248 e. The molecule has 0 saturated carbocycles. The van der Waals surface area contributed by atoms with Crippen molar-refractivity contribution in [3.8, 4) is 90.6 Å². The second-order valence-corrected chi connectivity index (χ2v) is 23.6. The summed E-state index contributed by atoms with van der Waals surface area (Å²) < 4.78 is 12.5. The van der Waals surface area contributed by atoms with Crippen molar-refractivity contribution in [1.82, 2.24) is 30.4 Å². The van der Waals surface area contributed by atoms with Gasteiger partial charge in [-0.05, 0) is 178 Å². The molecule has 0 unspecified atom stereocenters. The number of rotatable bonds is 12. The minimum Gasteiger partial charge on any atom is -0.416 e. The van der Waals surface area contributed by atoms with Crippen LogP contribution in [0.2, 0.25) is 0 Å². The van der Waals surface area contributed by atoms with Crippen LogP contribution in [0.4, 0.5) is 34.1 Å². The number of para-hydroxylation sites is 4. The molecule has 0 aliphatic heterocycles. The van der Waals surface area contributed by atoms with Gasteiger partial charge in [0.1, 0.15) is 0 Å². The van der Waals surface area contributed by atoms with E-state index in [1.54, 1.807) is 0 Å². The minimum absolute atomic E-state index is 0.320. The topological polar surface area (TPSA) is 110 Å². The maximum absolute atomic E-state index is 6.23. The number of benzene rings is 11. The van der Waals surface area contributed by atoms with Crippen LogP contribution in [0.25, 0.3) is 102 Å². The average molecular weight is 1140 g/mol. The second-order valence-electron chi connectivity index (χ2n) is 23.6. The highest BCUT2D eigenvalue weighted by Gasteiger charge is 2.38. The molecule has 3 aromatic heterocycles. The number of fused-ring (bicyclic) bond motifs is 7. The van der Waals surface area contributed by atoms with Crippen molar-refractivity contribution in [2.45, 2.75) is 38.5 Å². The molecule has 0 fully saturated rings. The summed E-state index contributed by atoms with van der Waals surface area (Å²) in [5.41, 5.74) is 24.1. The van der Waals surface area contributed by atoms with Gasteiger partial charge in [-0.1, -0.05) is 161 Å². The first-order valence-corrected chi connectivity index (χ1v) is 29.7. The molecular formula is C78H56N8O2. The molecule has 0 N–H and O–H groups in total. The predicted molar refractivity (Wildman–Crippen MR) is 352 cm³/mol. The van der Waals surface area contributed by atoms with Gasteiger partial charge in [0, 0.05) is 78.3 Å². The molecular weight excluding hydrogens is 1080 g/mol. The fourth-order valence-electron chi connectivity index (χ4n) is 13.1. The standard InChI is InChI=1S/C78H56N8O2/c1-77(2)65-45-53(75-83-81-73(87-75)51-19-9-5-10-20-51)33-41-61(65)63-43-39-59(47-67(63)77)85(55-23-13-7-14-24-55)57-35-29-49(30-36-57)71-72(80-70-28-18-17-27-69(70)79-71)50-31-37-58(38-32-50)86(56-25-15-8-16-26-56)60-40-44-64-62-42-34-54(46-66(62)78(3,4)68(64)48-60)76-84-82-74(88-76)52-21-11-6-12-22-52/h5-48H,1-4H3. The van der Waals surface area contributed by atoms with E-state index in [1.165, 1.54) is 44.5 Å². The number of hydrogen-bond donors (Lipinski definition) is 0. The summed E-state index contributed by atoms with van der Waals surface area (Å²) in [6.45, 7) is 9.21. The highest BCUT2D eigenvalue weighted by atomic mass is 16.4. The van der Waals surface area contributed by atoms with Crippen LogP contribution in [-0.4, -0.2) is 30.4 Å². The van der Waals surface area contributed by atoms with Crippen LogP contribution < -0.4 is 9.80 Å². The van der Waals surface area contributed by atoms with E-state index in [0.29, 0.717) is 23.6 Å². The number of aromatic nitrogens is 6. The van der Waals surface area contributed by atoms with E-state index in [0.717, 1.165) is 89.9 Å². The van der Waals surface area contributed by atoms with Crippen molar-refractivity contribution < 1.29 is 8.83 Å². The first-order chi connectivity index (χ1) is 43.1. The smallest absolute Gasteiger partial charge is 0.248 e. The average Bonchev–Trinajstić information content (AvgIpc) is 2.29. The molecule has 88 heavy (non-hydrogen) atoms. The lowest BCUT2D eigenvalue weighted by Crippen LogP contribution is -2.16. The lowest BCUT2D eigenvalue weighted by molar-refractivity contribution is 0.583. The van der Waals surface area contributed by atoms with Gasteiger partial charge in [0.2, 0.25) is 23.6 Å².